The van der Waals surface area contributed by atoms with Gasteiger partial charge < -0.3 is 9.32 Å². The summed E-state index contributed by atoms with van der Waals surface area (Å²) >= 11 is 7.87. The molecule has 1 spiro atoms. The second kappa shape index (κ2) is 8.41. The summed E-state index contributed by atoms with van der Waals surface area (Å²) in [7, 11) is 1.90. The summed E-state index contributed by atoms with van der Waals surface area (Å²) < 4.78 is 6.07. The van der Waals surface area contributed by atoms with Gasteiger partial charge in [-0.15, -0.1) is 11.3 Å². The van der Waals surface area contributed by atoms with Crippen LogP contribution in [0, 0.1) is 11.3 Å². The Hall–Kier alpha value is -2.15. The van der Waals surface area contributed by atoms with Crippen LogP contribution in [-0.4, -0.2) is 40.8 Å². The lowest BCUT2D eigenvalue weighted by Crippen LogP contribution is -2.37. The number of carbonyl (C=O) groups is 1. The quantitative estimate of drug-likeness (QED) is 0.505. The summed E-state index contributed by atoms with van der Waals surface area (Å²) in [5, 5.41) is 2.71. The molecule has 5 rings (SSSR count). The van der Waals surface area contributed by atoms with Gasteiger partial charge in [-0.05, 0) is 62.0 Å². The number of likely N-dealkylation sites (tertiary alicyclic amines) is 1. The van der Waals surface area contributed by atoms with Crippen LogP contribution >= 0.6 is 22.9 Å². The molecule has 7 heteroatoms. The van der Waals surface area contributed by atoms with Crippen molar-refractivity contribution in [2.24, 2.45) is 11.3 Å². The summed E-state index contributed by atoms with van der Waals surface area (Å²) in [5.74, 6) is 2.22. The molecule has 0 radical (unpaired) electrons. The SMILES string of the molecule is CN(Cc1cscn1)C(=O)C1CC12CCN(Cc1ccc(-c3ccccc3Cl)o1)CC2. The first-order chi connectivity index (χ1) is 15.0. The highest BCUT2D eigenvalue weighted by molar-refractivity contribution is 7.07. The highest BCUT2D eigenvalue weighted by atomic mass is 35.5. The lowest BCUT2D eigenvalue weighted by atomic mass is 9.90. The minimum absolute atomic E-state index is 0.175. The van der Waals surface area contributed by atoms with E-state index in [0.717, 1.165) is 61.7 Å². The number of furan rings is 1. The molecule has 2 aromatic heterocycles. The lowest BCUT2D eigenvalue weighted by molar-refractivity contribution is -0.133. The summed E-state index contributed by atoms with van der Waals surface area (Å²) in [6, 6.07) is 11.8. The molecule has 1 saturated heterocycles. The average Bonchev–Trinajstić information content (AvgIpc) is 3.12. The number of halogens is 1. The van der Waals surface area contributed by atoms with Crippen molar-refractivity contribution in [1.82, 2.24) is 14.8 Å². The molecular weight excluding hydrogens is 430 g/mol. The van der Waals surface area contributed by atoms with Crippen molar-refractivity contribution in [2.45, 2.75) is 32.4 Å². The molecule has 1 unspecified atom stereocenters. The zero-order chi connectivity index (χ0) is 21.4. The summed E-state index contributed by atoms with van der Waals surface area (Å²) in [4.78, 5) is 21.5. The summed E-state index contributed by atoms with van der Waals surface area (Å²) in [5.41, 5.74) is 3.92. The number of benzene rings is 1. The smallest absolute Gasteiger partial charge is 0.226 e. The van der Waals surface area contributed by atoms with Gasteiger partial charge in [0, 0.05) is 23.9 Å². The number of piperidine rings is 1. The van der Waals surface area contributed by atoms with Gasteiger partial charge in [0.1, 0.15) is 11.5 Å². The van der Waals surface area contributed by atoms with Crippen molar-refractivity contribution in [3.8, 4) is 11.3 Å². The van der Waals surface area contributed by atoms with Crippen LogP contribution < -0.4 is 0 Å². The highest BCUT2D eigenvalue weighted by Crippen LogP contribution is 2.60. The Labute approximate surface area is 191 Å². The number of aromatic nitrogens is 1. The molecule has 0 N–H and O–H groups in total. The van der Waals surface area contributed by atoms with Crippen molar-refractivity contribution in [1.29, 1.82) is 0 Å². The molecule has 1 aromatic carbocycles. The van der Waals surface area contributed by atoms with E-state index in [9.17, 15) is 4.79 Å². The minimum atomic E-state index is 0.175. The third-order valence-electron chi connectivity index (χ3n) is 6.78. The van der Waals surface area contributed by atoms with E-state index in [0.29, 0.717) is 11.6 Å². The second-order valence-corrected chi connectivity index (χ2v) is 9.94. The van der Waals surface area contributed by atoms with Crippen molar-refractivity contribution >= 4 is 28.8 Å². The molecule has 162 valence electrons. The van der Waals surface area contributed by atoms with Crippen LogP contribution in [-0.2, 0) is 17.9 Å². The monoisotopic (exact) mass is 455 g/mol. The van der Waals surface area contributed by atoms with Crippen LogP contribution in [0.1, 0.15) is 30.7 Å². The predicted octanol–water partition coefficient (Wildman–Crippen LogP) is 5.32. The standard InChI is InChI=1S/C24H26ClN3O2S/c1-27(13-17-15-31-16-26-17)23(29)20-12-24(20)8-10-28(11-9-24)14-18-6-7-22(30-18)19-4-2-3-5-21(19)25/h2-7,15-16,20H,8-14H2,1H3. The van der Waals surface area contributed by atoms with Crippen molar-refractivity contribution < 1.29 is 9.21 Å². The molecule has 2 aliphatic rings. The number of hydrogen-bond acceptors (Lipinski definition) is 5. The zero-order valence-corrected chi connectivity index (χ0v) is 19.2. The molecule has 3 aromatic rings. The van der Waals surface area contributed by atoms with E-state index in [1.54, 1.807) is 11.3 Å². The number of thiazole rings is 1. The van der Waals surface area contributed by atoms with Gasteiger partial charge in [0.15, 0.2) is 0 Å². The number of rotatable bonds is 6. The van der Waals surface area contributed by atoms with E-state index in [1.807, 2.05) is 59.2 Å². The Morgan fingerprint density at radius 3 is 2.84 bits per heavy atom. The molecule has 2 fully saturated rings. The van der Waals surface area contributed by atoms with E-state index >= 15 is 0 Å². The molecule has 5 nitrogen and oxygen atoms in total. The fraction of sp³-hybridized carbons (Fsp3) is 0.417. The molecule has 1 amide bonds. The van der Waals surface area contributed by atoms with E-state index in [4.69, 9.17) is 16.0 Å². The first-order valence-electron chi connectivity index (χ1n) is 10.7. The minimum Gasteiger partial charge on any atom is -0.460 e. The van der Waals surface area contributed by atoms with Crippen LogP contribution in [0.2, 0.25) is 5.02 Å². The summed E-state index contributed by atoms with van der Waals surface area (Å²) in [6.07, 6.45) is 3.18. The van der Waals surface area contributed by atoms with Crippen molar-refractivity contribution in [2.75, 3.05) is 20.1 Å². The topological polar surface area (TPSA) is 49.6 Å². The number of amides is 1. The van der Waals surface area contributed by atoms with E-state index < -0.39 is 0 Å². The Morgan fingerprint density at radius 1 is 1.29 bits per heavy atom. The fourth-order valence-corrected chi connectivity index (χ4v) is 5.58. The fourth-order valence-electron chi connectivity index (χ4n) is 4.80. The van der Waals surface area contributed by atoms with Crippen LogP contribution in [0.15, 0.2) is 51.7 Å². The second-order valence-electron chi connectivity index (χ2n) is 8.82. The van der Waals surface area contributed by atoms with Gasteiger partial charge >= 0.3 is 0 Å². The van der Waals surface area contributed by atoms with E-state index in [-0.39, 0.29) is 17.2 Å². The third-order valence-corrected chi connectivity index (χ3v) is 7.74. The van der Waals surface area contributed by atoms with Crippen LogP contribution in [0.25, 0.3) is 11.3 Å². The van der Waals surface area contributed by atoms with Gasteiger partial charge in [-0.1, -0.05) is 23.7 Å². The first-order valence-corrected chi connectivity index (χ1v) is 12.0. The molecule has 0 bridgehead atoms. The third kappa shape index (κ3) is 4.29. The van der Waals surface area contributed by atoms with Gasteiger partial charge in [0.25, 0.3) is 0 Å². The maximum absolute atomic E-state index is 12.9. The maximum Gasteiger partial charge on any atom is 0.226 e. The van der Waals surface area contributed by atoms with Crippen molar-refractivity contribution in [3.05, 3.63) is 63.8 Å². The Kier molecular flexibility index (Phi) is 5.63. The van der Waals surface area contributed by atoms with Crippen molar-refractivity contribution in [3.63, 3.8) is 0 Å². The molecule has 3 heterocycles. The zero-order valence-electron chi connectivity index (χ0n) is 17.6. The molecular formula is C24H26ClN3O2S. The van der Waals surface area contributed by atoms with Crippen LogP contribution in [0.5, 0.6) is 0 Å². The Balaban J connectivity index is 1.14. The first kappa shape index (κ1) is 20.7. The van der Waals surface area contributed by atoms with E-state index in [1.165, 1.54) is 0 Å². The van der Waals surface area contributed by atoms with Gasteiger partial charge in [0.05, 0.1) is 29.3 Å². The molecule has 1 saturated carbocycles. The number of hydrogen-bond donors (Lipinski definition) is 0. The Bertz CT molecular complexity index is 1060. The van der Waals surface area contributed by atoms with Gasteiger partial charge in [-0.3, -0.25) is 9.69 Å². The molecule has 31 heavy (non-hydrogen) atoms. The highest BCUT2D eigenvalue weighted by Gasteiger charge is 2.59. The number of nitrogens with zero attached hydrogens (tertiary/aromatic N) is 3. The lowest BCUT2D eigenvalue weighted by Gasteiger charge is -2.32. The maximum atomic E-state index is 12.9. The van der Waals surface area contributed by atoms with Crippen LogP contribution in [0.4, 0.5) is 0 Å². The molecule has 1 aliphatic heterocycles. The van der Waals surface area contributed by atoms with Gasteiger partial charge in [0.2, 0.25) is 5.91 Å². The summed E-state index contributed by atoms with van der Waals surface area (Å²) in [6.45, 7) is 3.40. The Morgan fingerprint density at radius 2 is 2.10 bits per heavy atom. The largest absolute Gasteiger partial charge is 0.460 e. The molecule has 1 atom stereocenters. The van der Waals surface area contributed by atoms with Crippen LogP contribution in [0.3, 0.4) is 0 Å². The van der Waals surface area contributed by atoms with Gasteiger partial charge in [-0.25, -0.2) is 4.98 Å². The average molecular weight is 456 g/mol. The normalized spacial score (nSPS) is 20.1. The van der Waals surface area contributed by atoms with E-state index in [2.05, 4.69) is 9.88 Å². The molecule has 1 aliphatic carbocycles. The van der Waals surface area contributed by atoms with Gasteiger partial charge in [-0.2, -0.15) is 0 Å². The predicted molar refractivity (Wildman–Crippen MR) is 123 cm³/mol. The number of carbonyl (C=O) groups excluding carboxylic acids is 1.